The molecule has 1 aromatic carbocycles. The Kier molecular flexibility index (Phi) is 4.28. The monoisotopic (exact) mass is 384 g/mol. The molecule has 0 amide bonds. The summed E-state index contributed by atoms with van der Waals surface area (Å²) in [5.74, 6) is 0.972. The van der Waals surface area contributed by atoms with Gasteiger partial charge in [0.25, 0.3) is 0 Å². The fourth-order valence-electron chi connectivity index (χ4n) is 4.00. The third kappa shape index (κ3) is 3.36. The van der Waals surface area contributed by atoms with Crippen LogP contribution in [0.3, 0.4) is 0 Å². The second-order valence-electron chi connectivity index (χ2n) is 8.10. The molecule has 6 heteroatoms. The van der Waals surface area contributed by atoms with E-state index in [-0.39, 0.29) is 5.54 Å². The first-order chi connectivity index (χ1) is 14.1. The fourth-order valence-corrected chi connectivity index (χ4v) is 4.00. The highest BCUT2D eigenvalue weighted by Gasteiger charge is 2.27. The first-order valence-electron chi connectivity index (χ1n) is 9.96. The molecule has 0 spiro atoms. The molecular weight excluding hydrogens is 360 g/mol. The van der Waals surface area contributed by atoms with Crippen LogP contribution in [0.4, 0.5) is 5.82 Å². The lowest BCUT2D eigenvalue weighted by Gasteiger charge is -2.39. The maximum absolute atomic E-state index is 5.02. The number of nitrogens with one attached hydrogen (secondary N) is 1. The van der Waals surface area contributed by atoms with Crippen molar-refractivity contribution in [2.24, 2.45) is 0 Å². The van der Waals surface area contributed by atoms with Gasteiger partial charge >= 0.3 is 0 Å². The number of fused-ring (bicyclic) bond motifs is 1. The van der Waals surface area contributed by atoms with Crippen molar-refractivity contribution in [2.75, 3.05) is 24.5 Å². The molecule has 0 radical (unpaired) electrons. The highest BCUT2D eigenvalue weighted by Crippen LogP contribution is 2.32. The molecule has 0 bridgehead atoms. The number of imidazole rings is 1. The molecule has 4 aromatic rings. The van der Waals surface area contributed by atoms with Gasteiger partial charge in [-0.3, -0.25) is 4.98 Å². The molecule has 1 aliphatic rings. The summed E-state index contributed by atoms with van der Waals surface area (Å²) in [5.41, 5.74) is 4.96. The van der Waals surface area contributed by atoms with E-state index in [0.717, 1.165) is 53.6 Å². The van der Waals surface area contributed by atoms with Crippen molar-refractivity contribution < 1.29 is 0 Å². The summed E-state index contributed by atoms with van der Waals surface area (Å²) in [6, 6.07) is 18.4. The smallest absolute Gasteiger partial charge is 0.155 e. The average Bonchev–Trinajstić information content (AvgIpc) is 3.13. The Morgan fingerprint density at radius 1 is 0.931 bits per heavy atom. The minimum Gasteiger partial charge on any atom is -0.352 e. The van der Waals surface area contributed by atoms with E-state index in [9.17, 15) is 0 Å². The van der Waals surface area contributed by atoms with Gasteiger partial charge in [0, 0.05) is 48.7 Å². The summed E-state index contributed by atoms with van der Waals surface area (Å²) >= 11 is 0. The van der Waals surface area contributed by atoms with Gasteiger partial charge in [-0.15, -0.1) is 5.10 Å². The van der Waals surface area contributed by atoms with Crippen molar-refractivity contribution in [3.8, 4) is 22.5 Å². The van der Waals surface area contributed by atoms with Gasteiger partial charge in [-0.05, 0) is 38.1 Å². The van der Waals surface area contributed by atoms with E-state index in [4.69, 9.17) is 10.1 Å². The second kappa shape index (κ2) is 6.97. The normalized spacial score (nSPS) is 16.3. The Bertz CT molecular complexity index is 1130. The van der Waals surface area contributed by atoms with Crippen LogP contribution in [0, 0.1) is 0 Å². The van der Waals surface area contributed by atoms with E-state index in [2.05, 4.69) is 53.3 Å². The van der Waals surface area contributed by atoms with Crippen molar-refractivity contribution in [1.82, 2.24) is 24.9 Å². The van der Waals surface area contributed by atoms with Crippen LogP contribution >= 0.6 is 0 Å². The highest BCUT2D eigenvalue weighted by molar-refractivity contribution is 5.81. The van der Waals surface area contributed by atoms with E-state index in [1.807, 2.05) is 47.2 Å². The Morgan fingerprint density at radius 3 is 2.48 bits per heavy atom. The van der Waals surface area contributed by atoms with E-state index >= 15 is 0 Å². The van der Waals surface area contributed by atoms with Gasteiger partial charge in [-0.25, -0.2) is 9.50 Å². The molecule has 1 N–H and O–H groups in total. The second-order valence-corrected chi connectivity index (χ2v) is 8.10. The minimum atomic E-state index is 0.0625. The lowest BCUT2D eigenvalue weighted by Crippen LogP contribution is -2.57. The Labute approximate surface area is 170 Å². The number of benzene rings is 1. The summed E-state index contributed by atoms with van der Waals surface area (Å²) < 4.78 is 1.97. The highest BCUT2D eigenvalue weighted by atomic mass is 15.4. The maximum atomic E-state index is 5.02. The topological polar surface area (TPSA) is 58.4 Å². The lowest BCUT2D eigenvalue weighted by molar-refractivity contribution is 0.351. The summed E-state index contributed by atoms with van der Waals surface area (Å²) in [7, 11) is 0. The summed E-state index contributed by atoms with van der Waals surface area (Å²) in [4.78, 5) is 11.4. The first-order valence-corrected chi connectivity index (χ1v) is 9.96. The molecule has 1 fully saturated rings. The molecule has 6 nitrogen and oxygen atoms in total. The quantitative estimate of drug-likeness (QED) is 0.584. The first kappa shape index (κ1) is 17.8. The van der Waals surface area contributed by atoms with Crippen molar-refractivity contribution >= 4 is 11.5 Å². The number of rotatable bonds is 3. The predicted molar refractivity (Wildman–Crippen MR) is 116 cm³/mol. The Balaban J connectivity index is 1.69. The standard InChI is InChI=1S/C23H24N6/c1-23(2)16-28(15-14-25-23)20-9-8-19-26-21(17-6-4-3-5-7-17)22(29(19)27-20)18-10-12-24-13-11-18/h3-13,25H,14-16H2,1-2H3. The molecule has 0 aliphatic carbocycles. The largest absolute Gasteiger partial charge is 0.352 e. The number of anilines is 1. The van der Waals surface area contributed by atoms with Crippen LogP contribution in [-0.4, -0.2) is 44.8 Å². The Hall–Kier alpha value is -3.25. The number of piperazine rings is 1. The third-order valence-electron chi connectivity index (χ3n) is 5.36. The minimum absolute atomic E-state index is 0.0625. The van der Waals surface area contributed by atoms with Crippen LogP contribution in [0.2, 0.25) is 0 Å². The van der Waals surface area contributed by atoms with Crippen LogP contribution in [0.5, 0.6) is 0 Å². The van der Waals surface area contributed by atoms with Crippen molar-refractivity contribution in [1.29, 1.82) is 0 Å². The van der Waals surface area contributed by atoms with Crippen LogP contribution in [0.15, 0.2) is 67.0 Å². The van der Waals surface area contributed by atoms with E-state index in [1.165, 1.54) is 0 Å². The predicted octanol–water partition coefficient (Wildman–Crippen LogP) is 3.65. The summed E-state index contributed by atoms with van der Waals surface area (Å²) in [6.45, 7) is 7.25. The lowest BCUT2D eigenvalue weighted by atomic mass is 10.0. The maximum Gasteiger partial charge on any atom is 0.155 e. The molecule has 0 saturated carbocycles. The zero-order valence-corrected chi connectivity index (χ0v) is 16.7. The number of pyridine rings is 1. The molecule has 146 valence electrons. The number of hydrogen-bond donors (Lipinski definition) is 1. The number of nitrogens with zero attached hydrogens (tertiary/aromatic N) is 5. The van der Waals surface area contributed by atoms with Gasteiger partial charge in [0.1, 0.15) is 11.5 Å². The fraction of sp³-hybridized carbons (Fsp3) is 0.261. The molecular formula is C23H24N6. The number of aromatic nitrogens is 4. The van der Waals surface area contributed by atoms with E-state index in [1.54, 1.807) is 0 Å². The van der Waals surface area contributed by atoms with Gasteiger partial charge in [0.15, 0.2) is 5.65 Å². The molecule has 0 unspecified atom stereocenters. The summed E-state index contributed by atoms with van der Waals surface area (Å²) in [6.07, 6.45) is 3.62. The molecule has 0 atom stereocenters. The van der Waals surface area contributed by atoms with Gasteiger partial charge in [-0.1, -0.05) is 30.3 Å². The van der Waals surface area contributed by atoms with Crippen molar-refractivity contribution in [2.45, 2.75) is 19.4 Å². The van der Waals surface area contributed by atoms with Crippen molar-refractivity contribution in [3.05, 3.63) is 67.0 Å². The van der Waals surface area contributed by atoms with Crippen molar-refractivity contribution in [3.63, 3.8) is 0 Å². The molecule has 5 rings (SSSR count). The summed E-state index contributed by atoms with van der Waals surface area (Å²) in [5, 5.41) is 8.58. The van der Waals surface area contributed by atoms with Crippen LogP contribution in [0.25, 0.3) is 28.2 Å². The molecule has 3 aromatic heterocycles. The van der Waals surface area contributed by atoms with E-state index < -0.39 is 0 Å². The van der Waals surface area contributed by atoms with Crippen LogP contribution in [0.1, 0.15) is 13.8 Å². The average molecular weight is 384 g/mol. The molecule has 1 saturated heterocycles. The third-order valence-corrected chi connectivity index (χ3v) is 5.36. The molecule has 29 heavy (non-hydrogen) atoms. The Morgan fingerprint density at radius 2 is 1.72 bits per heavy atom. The van der Waals surface area contributed by atoms with E-state index in [0.29, 0.717) is 0 Å². The van der Waals surface area contributed by atoms with Gasteiger partial charge < -0.3 is 10.2 Å². The van der Waals surface area contributed by atoms with Gasteiger partial charge in [0.2, 0.25) is 0 Å². The SMILES string of the molecule is CC1(C)CN(c2ccc3nc(-c4ccccc4)c(-c4ccncc4)n3n2)CCN1. The van der Waals surface area contributed by atoms with Crippen LogP contribution < -0.4 is 10.2 Å². The number of hydrogen-bond acceptors (Lipinski definition) is 5. The molecule has 1 aliphatic heterocycles. The van der Waals surface area contributed by atoms with Gasteiger partial charge in [0.05, 0.1) is 5.69 Å². The molecule has 4 heterocycles. The van der Waals surface area contributed by atoms with Gasteiger partial charge in [-0.2, -0.15) is 0 Å². The zero-order chi connectivity index (χ0) is 19.8. The van der Waals surface area contributed by atoms with Crippen LogP contribution in [-0.2, 0) is 0 Å². The zero-order valence-electron chi connectivity index (χ0n) is 16.7.